The molecule has 0 radical (unpaired) electrons. The molecule has 0 spiro atoms. The average molecular weight is 436 g/mol. The Morgan fingerprint density at radius 3 is 2.53 bits per heavy atom. The standard InChI is InChI=1S/C21H20ClF2N3O3/c1-27(13-14-5-11-17(12-6-14)29-21(23)24)19(28)4-2-3-18-25-20(26-30-18)15-7-9-16(22)10-8-15/h5-12,21H,2-4,13H2,1H3. The Hall–Kier alpha value is -3.00. The first-order chi connectivity index (χ1) is 14.4. The quantitative estimate of drug-likeness (QED) is 0.474. The normalized spacial score (nSPS) is 11.0. The Balaban J connectivity index is 1.44. The zero-order valence-corrected chi connectivity index (χ0v) is 17.0. The Kier molecular flexibility index (Phi) is 7.35. The van der Waals surface area contributed by atoms with E-state index < -0.39 is 6.61 Å². The lowest BCUT2D eigenvalue weighted by Crippen LogP contribution is -2.26. The molecule has 1 aromatic heterocycles. The summed E-state index contributed by atoms with van der Waals surface area (Å²) in [5.41, 5.74) is 1.62. The highest BCUT2D eigenvalue weighted by molar-refractivity contribution is 6.30. The van der Waals surface area contributed by atoms with Crippen LogP contribution in [0.2, 0.25) is 5.02 Å². The van der Waals surface area contributed by atoms with Gasteiger partial charge in [-0.05, 0) is 48.4 Å². The molecule has 1 amide bonds. The summed E-state index contributed by atoms with van der Waals surface area (Å²) in [5, 5.41) is 4.58. The molecule has 0 aliphatic carbocycles. The number of benzene rings is 2. The minimum atomic E-state index is -2.86. The van der Waals surface area contributed by atoms with Crippen molar-refractivity contribution >= 4 is 17.5 Å². The summed E-state index contributed by atoms with van der Waals surface area (Å²) in [6.45, 7) is -2.49. The molecule has 0 atom stereocenters. The van der Waals surface area contributed by atoms with Crippen LogP contribution in [0.5, 0.6) is 5.75 Å². The van der Waals surface area contributed by atoms with Gasteiger partial charge in [-0.25, -0.2) is 0 Å². The molecular weight excluding hydrogens is 416 g/mol. The number of carbonyl (C=O) groups is 1. The zero-order chi connectivity index (χ0) is 21.5. The van der Waals surface area contributed by atoms with Gasteiger partial charge in [0.15, 0.2) is 0 Å². The second-order valence-corrected chi connectivity index (χ2v) is 7.08. The van der Waals surface area contributed by atoms with Crippen molar-refractivity contribution in [2.45, 2.75) is 32.4 Å². The largest absolute Gasteiger partial charge is 0.435 e. The van der Waals surface area contributed by atoms with Gasteiger partial charge in [0.2, 0.25) is 17.6 Å². The number of hydrogen-bond acceptors (Lipinski definition) is 5. The second-order valence-electron chi connectivity index (χ2n) is 6.64. The van der Waals surface area contributed by atoms with Crippen LogP contribution in [0.1, 0.15) is 24.3 Å². The molecule has 0 saturated carbocycles. The van der Waals surface area contributed by atoms with Gasteiger partial charge in [0.1, 0.15) is 5.75 Å². The fraction of sp³-hybridized carbons (Fsp3) is 0.286. The zero-order valence-electron chi connectivity index (χ0n) is 16.2. The molecule has 0 saturated heterocycles. The Labute approximate surface area is 177 Å². The van der Waals surface area contributed by atoms with E-state index >= 15 is 0 Å². The van der Waals surface area contributed by atoms with E-state index in [1.54, 1.807) is 36.2 Å². The van der Waals surface area contributed by atoms with Gasteiger partial charge >= 0.3 is 6.61 Å². The van der Waals surface area contributed by atoms with Gasteiger partial charge in [-0.1, -0.05) is 28.9 Å². The van der Waals surface area contributed by atoms with Crippen molar-refractivity contribution in [1.82, 2.24) is 15.0 Å². The van der Waals surface area contributed by atoms with Crippen LogP contribution in [0, 0.1) is 0 Å². The highest BCUT2D eigenvalue weighted by Gasteiger charge is 2.13. The number of rotatable bonds is 9. The molecular formula is C21H20ClF2N3O3. The topological polar surface area (TPSA) is 68.5 Å². The molecule has 2 aromatic carbocycles. The number of alkyl halides is 2. The van der Waals surface area contributed by atoms with Gasteiger partial charge < -0.3 is 14.2 Å². The van der Waals surface area contributed by atoms with E-state index in [-0.39, 0.29) is 11.7 Å². The Bertz CT molecular complexity index is 962. The van der Waals surface area contributed by atoms with Crippen molar-refractivity contribution in [2.75, 3.05) is 7.05 Å². The molecule has 0 unspecified atom stereocenters. The van der Waals surface area contributed by atoms with Crippen molar-refractivity contribution in [2.24, 2.45) is 0 Å². The smallest absolute Gasteiger partial charge is 0.387 e. The minimum Gasteiger partial charge on any atom is -0.435 e. The van der Waals surface area contributed by atoms with Gasteiger partial charge in [-0.15, -0.1) is 0 Å². The Morgan fingerprint density at radius 1 is 1.17 bits per heavy atom. The summed E-state index contributed by atoms with van der Waals surface area (Å²) in [4.78, 5) is 18.2. The van der Waals surface area contributed by atoms with Crippen LogP contribution in [0.3, 0.4) is 0 Å². The van der Waals surface area contributed by atoms with Crippen molar-refractivity contribution in [3.05, 3.63) is 65.0 Å². The highest BCUT2D eigenvalue weighted by atomic mass is 35.5. The molecule has 0 bridgehead atoms. The second kappa shape index (κ2) is 10.2. The van der Waals surface area contributed by atoms with Crippen molar-refractivity contribution in [3.63, 3.8) is 0 Å². The van der Waals surface area contributed by atoms with Gasteiger partial charge in [0.25, 0.3) is 0 Å². The predicted octanol–water partition coefficient (Wildman–Crippen LogP) is 4.97. The van der Waals surface area contributed by atoms with Gasteiger partial charge in [-0.2, -0.15) is 13.8 Å². The fourth-order valence-electron chi connectivity index (χ4n) is 2.79. The monoisotopic (exact) mass is 435 g/mol. The lowest BCUT2D eigenvalue weighted by Gasteiger charge is -2.17. The lowest BCUT2D eigenvalue weighted by molar-refractivity contribution is -0.130. The number of aromatic nitrogens is 2. The molecule has 9 heteroatoms. The summed E-state index contributed by atoms with van der Waals surface area (Å²) in [6, 6.07) is 13.3. The maximum Gasteiger partial charge on any atom is 0.387 e. The van der Waals surface area contributed by atoms with Crippen LogP contribution < -0.4 is 4.74 Å². The van der Waals surface area contributed by atoms with Crippen molar-refractivity contribution < 1.29 is 22.8 Å². The maximum atomic E-state index is 12.3. The third kappa shape index (κ3) is 6.25. The van der Waals surface area contributed by atoms with E-state index in [0.717, 1.165) is 11.1 Å². The predicted molar refractivity (Wildman–Crippen MR) is 107 cm³/mol. The van der Waals surface area contributed by atoms with E-state index in [1.807, 2.05) is 12.1 Å². The van der Waals surface area contributed by atoms with Crippen LogP contribution in [0.25, 0.3) is 11.4 Å². The first-order valence-electron chi connectivity index (χ1n) is 9.27. The number of amides is 1. The Morgan fingerprint density at radius 2 is 1.87 bits per heavy atom. The highest BCUT2D eigenvalue weighted by Crippen LogP contribution is 2.19. The summed E-state index contributed by atoms with van der Waals surface area (Å²) in [5.74, 6) is 0.981. The molecule has 0 N–H and O–H groups in total. The van der Waals surface area contributed by atoms with Crippen LogP contribution in [0.4, 0.5) is 8.78 Å². The van der Waals surface area contributed by atoms with Crippen LogP contribution in [-0.2, 0) is 17.8 Å². The van der Waals surface area contributed by atoms with E-state index in [2.05, 4.69) is 14.9 Å². The van der Waals surface area contributed by atoms with Crippen molar-refractivity contribution in [3.8, 4) is 17.1 Å². The van der Waals surface area contributed by atoms with E-state index in [1.165, 1.54) is 12.1 Å². The molecule has 3 aromatic rings. The lowest BCUT2D eigenvalue weighted by atomic mass is 10.2. The van der Waals surface area contributed by atoms with E-state index in [4.69, 9.17) is 16.1 Å². The molecule has 30 heavy (non-hydrogen) atoms. The first kappa shape index (κ1) is 21.7. The van der Waals surface area contributed by atoms with Crippen molar-refractivity contribution in [1.29, 1.82) is 0 Å². The summed E-state index contributed by atoms with van der Waals surface area (Å²) in [7, 11) is 1.69. The van der Waals surface area contributed by atoms with Gasteiger partial charge in [-0.3, -0.25) is 4.79 Å². The third-order valence-electron chi connectivity index (χ3n) is 4.35. The van der Waals surface area contributed by atoms with Crippen LogP contribution >= 0.6 is 11.6 Å². The molecule has 158 valence electrons. The number of ether oxygens (including phenoxy) is 1. The first-order valence-corrected chi connectivity index (χ1v) is 9.65. The number of carbonyl (C=O) groups excluding carboxylic acids is 1. The van der Waals surface area contributed by atoms with E-state index in [0.29, 0.717) is 42.5 Å². The fourth-order valence-corrected chi connectivity index (χ4v) is 2.92. The number of nitrogens with zero attached hydrogens (tertiary/aromatic N) is 3. The molecule has 0 fully saturated rings. The summed E-state index contributed by atoms with van der Waals surface area (Å²) < 4.78 is 33.9. The van der Waals surface area contributed by atoms with E-state index in [9.17, 15) is 13.6 Å². The SMILES string of the molecule is CN(Cc1ccc(OC(F)F)cc1)C(=O)CCCc1nc(-c2ccc(Cl)cc2)no1. The third-order valence-corrected chi connectivity index (χ3v) is 4.60. The number of aryl methyl sites for hydroxylation is 1. The minimum absolute atomic E-state index is 0.0413. The number of hydrogen-bond donors (Lipinski definition) is 0. The van der Waals surface area contributed by atoms with Crippen LogP contribution in [0.15, 0.2) is 53.1 Å². The van der Waals surface area contributed by atoms with Gasteiger partial charge in [0, 0.05) is 37.0 Å². The summed E-state index contributed by atoms with van der Waals surface area (Å²) in [6.07, 6.45) is 1.37. The molecule has 1 heterocycles. The van der Waals surface area contributed by atoms with Crippen LogP contribution in [-0.4, -0.2) is 34.6 Å². The maximum absolute atomic E-state index is 12.3. The molecule has 6 nitrogen and oxygen atoms in total. The molecule has 0 aliphatic rings. The average Bonchev–Trinajstić information content (AvgIpc) is 3.18. The molecule has 0 aliphatic heterocycles. The number of halogens is 3. The molecule has 3 rings (SSSR count). The van der Waals surface area contributed by atoms with Gasteiger partial charge in [0.05, 0.1) is 0 Å². The summed E-state index contributed by atoms with van der Waals surface area (Å²) >= 11 is 5.87.